The van der Waals surface area contributed by atoms with E-state index in [1.54, 1.807) is 42.9 Å². The topological polar surface area (TPSA) is 132 Å². The third-order valence-electron chi connectivity index (χ3n) is 4.80. The van der Waals surface area contributed by atoms with E-state index in [1.807, 2.05) is 0 Å². The summed E-state index contributed by atoms with van der Waals surface area (Å²) in [4.78, 5) is 37.2. The lowest BCUT2D eigenvalue weighted by atomic mass is 10.1. The lowest BCUT2D eigenvalue weighted by Crippen LogP contribution is -2.26. The van der Waals surface area contributed by atoms with Crippen LogP contribution in [0.3, 0.4) is 0 Å². The van der Waals surface area contributed by atoms with Gasteiger partial charge in [-0.15, -0.1) is 0 Å². The van der Waals surface area contributed by atoms with Gasteiger partial charge in [-0.2, -0.15) is 4.98 Å². The number of carbonyl (C=O) groups excluding carboxylic acids is 1. The van der Waals surface area contributed by atoms with E-state index in [2.05, 4.69) is 25.0 Å². The van der Waals surface area contributed by atoms with Gasteiger partial charge < -0.3 is 14.4 Å². The summed E-state index contributed by atoms with van der Waals surface area (Å²) in [5, 5.41) is 13.1. The van der Waals surface area contributed by atoms with Crippen LogP contribution in [0.4, 0.5) is 0 Å². The van der Waals surface area contributed by atoms with Crippen molar-refractivity contribution in [1.82, 2.24) is 25.0 Å². The van der Waals surface area contributed by atoms with Gasteiger partial charge in [0, 0.05) is 38.8 Å². The normalized spacial score (nSPS) is 19.0. The van der Waals surface area contributed by atoms with Crippen molar-refractivity contribution in [2.45, 2.75) is 32.0 Å². The highest BCUT2D eigenvalue weighted by atomic mass is 16.5. The number of likely N-dealkylation sites (tertiary alicyclic amines) is 1. The molecule has 0 aliphatic carbocycles. The van der Waals surface area contributed by atoms with Gasteiger partial charge in [-0.1, -0.05) is 17.3 Å². The molecule has 0 radical (unpaired) electrons. The average Bonchev–Trinajstić information content (AvgIpc) is 3.36. The summed E-state index contributed by atoms with van der Waals surface area (Å²) in [6.07, 6.45) is 4.85. The van der Waals surface area contributed by atoms with Gasteiger partial charge in [0.15, 0.2) is 0 Å². The van der Waals surface area contributed by atoms with Gasteiger partial charge in [-0.3, -0.25) is 14.7 Å². The van der Waals surface area contributed by atoms with Crippen LogP contribution in [0.2, 0.25) is 0 Å². The van der Waals surface area contributed by atoms with Gasteiger partial charge in [0.05, 0.1) is 17.8 Å². The lowest BCUT2D eigenvalue weighted by molar-refractivity contribution is -0.145. The summed E-state index contributed by atoms with van der Waals surface area (Å²) >= 11 is 0. The summed E-state index contributed by atoms with van der Waals surface area (Å²) < 4.78 is 10.9. The third kappa shape index (κ3) is 4.33. The van der Waals surface area contributed by atoms with Crippen LogP contribution < -0.4 is 0 Å². The number of carboxylic acid groups (broad SMARTS) is 1. The minimum absolute atomic E-state index is 0.222. The maximum absolute atomic E-state index is 11.4. The molecule has 2 aromatic heterocycles. The number of carbonyl (C=O) groups is 2. The van der Waals surface area contributed by atoms with E-state index >= 15 is 0 Å². The maximum Gasteiger partial charge on any atom is 0.335 e. The van der Waals surface area contributed by atoms with Crippen LogP contribution in [0.25, 0.3) is 11.5 Å². The number of carboxylic acids is 1. The molecule has 0 spiro atoms. The number of hydrogen-bond acceptors (Lipinski definition) is 9. The Morgan fingerprint density at radius 1 is 1.27 bits per heavy atom. The van der Waals surface area contributed by atoms with Crippen molar-refractivity contribution in [3.63, 3.8) is 0 Å². The predicted molar refractivity (Wildman–Crippen MR) is 102 cm³/mol. The summed E-state index contributed by atoms with van der Waals surface area (Å²) in [6, 6.07) is 6.39. The number of esters is 1. The molecule has 0 amide bonds. The number of hydrogen-bond donors (Lipinski definition) is 1. The molecule has 10 nitrogen and oxygen atoms in total. The fourth-order valence-electron chi connectivity index (χ4n) is 3.49. The van der Waals surface area contributed by atoms with Crippen molar-refractivity contribution in [1.29, 1.82) is 0 Å². The molecular weight excluding hydrogens is 390 g/mol. The van der Waals surface area contributed by atoms with Crippen LogP contribution >= 0.6 is 0 Å². The molecule has 1 aliphatic heterocycles. The monoisotopic (exact) mass is 409 g/mol. The second kappa shape index (κ2) is 8.37. The Balaban J connectivity index is 1.56. The number of aromatic nitrogens is 4. The summed E-state index contributed by atoms with van der Waals surface area (Å²) in [5.74, 6) is -0.595. The van der Waals surface area contributed by atoms with E-state index in [0.29, 0.717) is 36.9 Å². The minimum atomic E-state index is -0.974. The van der Waals surface area contributed by atoms with E-state index in [9.17, 15) is 9.59 Å². The Hall–Kier alpha value is -3.66. The van der Waals surface area contributed by atoms with Crippen LogP contribution in [-0.2, 0) is 16.1 Å². The SMILES string of the molecule is CC(=O)O[C@@H]1C[C@@H](c2nc(-c3cnccn3)no2)N(Cc2ccc(C(=O)O)cc2)C1. The molecule has 1 fully saturated rings. The molecule has 0 bridgehead atoms. The highest BCUT2D eigenvalue weighted by molar-refractivity contribution is 5.87. The van der Waals surface area contributed by atoms with Crippen LogP contribution in [-0.4, -0.2) is 54.7 Å². The van der Waals surface area contributed by atoms with Gasteiger partial charge in [0.25, 0.3) is 0 Å². The number of aromatic carboxylic acids is 1. The Morgan fingerprint density at radius 3 is 2.73 bits per heavy atom. The Bertz CT molecular complexity index is 1040. The van der Waals surface area contributed by atoms with Gasteiger partial charge in [-0.05, 0) is 17.7 Å². The molecule has 0 saturated carbocycles. The molecule has 0 unspecified atom stereocenters. The smallest absolute Gasteiger partial charge is 0.335 e. The molecular formula is C20H19N5O5. The largest absolute Gasteiger partial charge is 0.478 e. The molecule has 1 aliphatic rings. The Kier molecular flexibility index (Phi) is 5.48. The Labute approximate surface area is 171 Å². The second-order valence-corrected chi connectivity index (χ2v) is 6.96. The van der Waals surface area contributed by atoms with Gasteiger partial charge in [0.2, 0.25) is 11.7 Å². The fraction of sp³-hybridized carbons (Fsp3) is 0.300. The highest BCUT2D eigenvalue weighted by Crippen LogP contribution is 2.34. The molecule has 4 rings (SSSR count). The van der Waals surface area contributed by atoms with E-state index in [1.165, 1.54) is 6.92 Å². The van der Waals surface area contributed by atoms with Crippen molar-refractivity contribution in [2.75, 3.05) is 6.54 Å². The summed E-state index contributed by atoms with van der Waals surface area (Å²) in [5.41, 5.74) is 1.64. The third-order valence-corrected chi connectivity index (χ3v) is 4.80. The molecule has 154 valence electrons. The van der Waals surface area contributed by atoms with Crippen LogP contribution in [0.15, 0.2) is 47.4 Å². The zero-order chi connectivity index (χ0) is 21.1. The van der Waals surface area contributed by atoms with Gasteiger partial charge in [-0.25, -0.2) is 9.78 Å². The molecule has 10 heteroatoms. The lowest BCUT2D eigenvalue weighted by Gasteiger charge is -2.21. The number of benzene rings is 1. The van der Waals surface area contributed by atoms with Crippen molar-refractivity contribution in [3.05, 3.63) is 59.9 Å². The first kappa shape index (κ1) is 19.6. The molecule has 2 atom stereocenters. The number of rotatable bonds is 6. The van der Waals surface area contributed by atoms with Crippen LogP contribution in [0, 0.1) is 0 Å². The van der Waals surface area contributed by atoms with E-state index in [0.717, 1.165) is 5.56 Å². The zero-order valence-corrected chi connectivity index (χ0v) is 16.1. The van der Waals surface area contributed by atoms with Crippen LogP contribution in [0.5, 0.6) is 0 Å². The number of nitrogens with zero attached hydrogens (tertiary/aromatic N) is 5. The van der Waals surface area contributed by atoms with Gasteiger partial charge >= 0.3 is 11.9 Å². The molecule has 1 saturated heterocycles. The Morgan fingerprint density at radius 2 is 2.07 bits per heavy atom. The van der Waals surface area contributed by atoms with Crippen molar-refractivity contribution in [2.24, 2.45) is 0 Å². The zero-order valence-electron chi connectivity index (χ0n) is 16.1. The molecule has 1 N–H and O–H groups in total. The number of ether oxygens (including phenoxy) is 1. The summed E-state index contributed by atoms with van der Waals surface area (Å²) in [6.45, 7) is 2.38. The summed E-state index contributed by atoms with van der Waals surface area (Å²) in [7, 11) is 0. The standard InChI is InChI=1S/C20H19N5O5/c1-12(26)29-15-8-17(19-23-18(24-30-19)16-9-21-6-7-22-16)25(11-15)10-13-2-4-14(5-3-13)20(27)28/h2-7,9,15,17H,8,10-11H2,1H3,(H,27,28)/t15-,17+/m1/s1. The minimum Gasteiger partial charge on any atom is -0.478 e. The predicted octanol–water partition coefficient (Wildman–Crippen LogP) is 2.10. The average molecular weight is 409 g/mol. The van der Waals surface area contributed by atoms with Crippen molar-refractivity contribution >= 4 is 11.9 Å². The molecule has 3 heterocycles. The highest BCUT2D eigenvalue weighted by Gasteiger charge is 2.38. The van der Waals surface area contributed by atoms with E-state index < -0.39 is 5.97 Å². The first-order chi connectivity index (χ1) is 14.5. The van der Waals surface area contributed by atoms with E-state index in [4.69, 9.17) is 14.4 Å². The van der Waals surface area contributed by atoms with Crippen molar-refractivity contribution in [3.8, 4) is 11.5 Å². The quantitative estimate of drug-likeness (QED) is 0.604. The molecule has 1 aromatic carbocycles. The van der Waals surface area contributed by atoms with E-state index in [-0.39, 0.29) is 23.7 Å². The first-order valence-electron chi connectivity index (χ1n) is 9.33. The van der Waals surface area contributed by atoms with Crippen LogP contribution in [0.1, 0.15) is 41.2 Å². The fourth-order valence-corrected chi connectivity index (χ4v) is 3.49. The van der Waals surface area contributed by atoms with Gasteiger partial charge in [0.1, 0.15) is 11.8 Å². The molecule has 30 heavy (non-hydrogen) atoms. The maximum atomic E-state index is 11.4. The first-order valence-corrected chi connectivity index (χ1v) is 9.33. The van der Waals surface area contributed by atoms with Crippen molar-refractivity contribution < 1.29 is 24.0 Å². The molecule has 3 aromatic rings. The second-order valence-electron chi connectivity index (χ2n) is 6.96.